The van der Waals surface area contributed by atoms with Crippen LogP contribution >= 0.6 is 0 Å². The van der Waals surface area contributed by atoms with Crippen molar-refractivity contribution in [2.24, 2.45) is 10.9 Å². The molecule has 0 heterocycles. The van der Waals surface area contributed by atoms with Crippen molar-refractivity contribution in [3.05, 3.63) is 59.9 Å². The second kappa shape index (κ2) is 10.6. The van der Waals surface area contributed by atoms with Gasteiger partial charge in [-0.2, -0.15) is 0 Å². The lowest BCUT2D eigenvalue weighted by molar-refractivity contribution is 0.285. The van der Waals surface area contributed by atoms with Crippen molar-refractivity contribution in [3.8, 4) is 5.75 Å². The van der Waals surface area contributed by atoms with Crippen LogP contribution in [0.25, 0.3) is 0 Å². The Morgan fingerprint density at radius 1 is 1.23 bits per heavy atom. The van der Waals surface area contributed by atoms with Crippen molar-refractivity contribution in [1.29, 1.82) is 0 Å². The van der Waals surface area contributed by atoms with Gasteiger partial charge in [0.25, 0.3) is 0 Å². The highest BCUT2D eigenvalue weighted by Gasteiger charge is 2.22. The number of hydrogen-bond donors (Lipinski definition) is 2. The number of ether oxygens (including phenoxy) is 1. The van der Waals surface area contributed by atoms with Gasteiger partial charge in [-0.25, -0.2) is 12.8 Å². The second-order valence-corrected chi connectivity index (χ2v) is 9.90. The first kappa shape index (κ1) is 23.1. The van der Waals surface area contributed by atoms with E-state index < -0.39 is 9.84 Å². The fourth-order valence-corrected chi connectivity index (χ4v) is 4.43. The predicted octanol–water partition coefficient (Wildman–Crippen LogP) is 3.70. The van der Waals surface area contributed by atoms with Crippen molar-refractivity contribution in [2.75, 3.05) is 26.0 Å². The van der Waals surface area contributed by atoms with Gasteiger partial charge in [-0.1, -0.05) is 24.3 Å². The minimum atomic E-state index is -3.30. The van der Waals surface area contributed by atoms with Crippen LogP contribution in [-0.4, -0.2) is 40.3 Å². The Morgan fingerprint density at radius 3 is 2.61 bits per heavy atom. The molecule has 2 aromatic rings. The van der Waals surface area contributed by atoms with E-state index in [9.17, 15) is 12.8 Å². The molecule has 31 heavy (non-hydrogen) atoms. The molecular weight excluding hydrogens is 417 g/mol. The first-order chi connectivity index (χ1) is 14.9. The van der Waals surface area contributed by atoms with Crippen LogP contribution < -0.4 is 15.4 Å². The monoisotopic (exact) mass is 447 g/mol. The van der Waals surface area contributed by atoms with Crippen molar-refractivity contribution in [2.45, 2.75) is 37.1 Å². The van der Waals surface area contributed by atoms with Crippen LogP contribution in [0.15, 0.2) is 58.4 Å². The summed E-state index contributed by atoms with van der Waals surface area (Å²) in [5.74, 6) is 1.05. The Kier molecular flexibility index (Phi) is 7.90. The Morgan fingerprint density at radius 2 is 1.97 bits per heavy atom. The average Bonchev–Trinajstić information content (AvgIpc) is 3.60. The molecule has 168 valence electrons. The van der Waals surface area contributed by atoms with E-state index in [-0.39, 0.29) is 23.4 Å². The minimum Gasteiger partial charge on any atom is -0.490 e. The molecule has 0 spiro atoms. The highest BCUT2D eigenvalue weighted by Crippen LogP contribution is 2.30. The van der Waals surface area contributed by atoms with E-state index in [0.717, 1.165) is 18.4 Å². The number of guanidine groups is 1. The molecule has 0 radical (unpaired) electrons. The highest BCUT2D eigenvalue weighted by atomic mass is 32.2. The van der Waals surface area contributed by atoms with Crippen LogP contribution in [0.4, 0.5) is 4.39 Å². The molecular formula is C23H30FN3O3S. The molecule has 1 fully saturated rings. The summed E-state index contributed by atoms with van der Waals surface area (Å²) in [6.07, 6.45) is 2.75. The average molecular weight is 448 g/mol. The van der Waals surface area contributed by atoms with Gasteiger partial charge in [0.2, 0.25) is 0 Å². The Balaban J connectivity index is 1.46. The van der Waals surface area contributed by atoms with Crippen LogP contribution in [0.1, 0.15) is 37.8 Å². The van der Waals surface area contributed by atoms with E-state index >= 15 is 0 Å². The SMILES string of the molecule is CN=C(NCCCS(=O)(=O)c1ccccc1)NC(C)c1ccc(OCC2CC2)c(F)c1. The van der Waals surface area contributed by atoms with Crippen LogP contribution in [-0.2, 0) is 9.84 Å². The molecule has 0 bridgehead atoms. The molecule has 2 aromatic carbocycles. The molecule has 0 aromatic heterocycles. The van der Waals surface area contributed by atoms with Gasteiger partial charge in [0, 0.05) is 13.6 Å². The molecule has 6 nitrogen and oxygen atoms in total. The van der Waals surface area contributed by atoms with Crippen LogP contribution in [0.5, 0.6) is 5.75 Å². The Labute approximate surface area is 183 Å². The lowest BCUT2D eigenvalue weighted by Gasteiger charge is -2.19. The van der Waals surface area contributed by atoms with Crippen LogP contribution in [0.3, 0.4) is 0 Å². The smallest absolute Gasteiger partial charge is 0.191 e. The molecule has 3 rings (SSSR count). The number of nitrogens with one attached hydrogen (secondary N) is 2. The third-order valence-electron chi connectivity index (χ3n) is 5.19. The van der Waals surface area contributed by atoms with E-state index in [2.05, 4.69) is 15.6 Å². The summed E-state index contributed by atoms with van der Waals surface area (Å²) in [6.45, 7) is 2.92. The van der Waals surface area contributed by atoms with Gasteiger partial charge < -0.3 is 15.4 Å². The van der Waals surface area contributed by atoms with E-state index in [1.807, 2.05) is 13.0 Å². The number of halogens is 1. The third kappa shape index (κ3) is 6.95. The molecule has 0 saturated heterocycles. The topological polar surface area (TPSA) is 79.8 Å². The normalized spacial score (nSPS) is 15.4. The quantitative estimate of drug-likeness (QED) is 0.330. The van der Waals surface area contributed by atoms with Crippen molar-refractivity contribution in [1.82, 2.24) is 10.6 Å². The number of sulfone groups is 1. The standard InChI is InChI=1S/C23H30FN3O3S/c1-17(19-11-12-22(21(24)15-19)30-16-18-9-10-18)27-23(25-2)26-13-6-14-31(28,29)20-7-4-3-5-8-20/h3-5,7-8,11-12,15,17-18H,6,9-10,13-14,16H2,1-2H3,(H2,25,26,27). The Bertz CT molecular complexity index is 992. The molecule has 2 N–H and O–H groups in total. The van der Waals surface area contributed by atoms with Crippen molar-refractivity contribution >= 4 is 15.8 Å². The first-order valence-corrected chi connectivity index (χ1v) is 12.2. The maximum Gasteiger partial charge on any atom is 0.191 e. The van der Waals surface area contributed by atoms with E-state index in [0.29, 0.717) is 36.3 Å². The van der Waals surface area contributed by atoms with Gasteiger partial charge in [0.05, 0.1) is 23.3 Å². The number of nitrogens with zero attached hydrogens (tertiary/aromatic N) is 1. The van der Waals surface area contributed by atoms with Crippen LogP contribution in [0.2, 0.25) is 0 Å². The minimum absolute atomic E-state index is 0.0457. The number of hydrogen-bond acceptors (Lipinski definition) is 4. The van der Waals surface area contributed by atoms with E-state index in [1.165, 1.54) is 6.07 Å². The van der Waals surface area contributed by atoms with Gasteiger partial charge in [-0.05, 0) is 61.9 Å². The van der Waals surface area contributed by atoms with Crippen LogP contribution in [0, 0.1) is 11.7 Å². The summed E-state index contributed by atoms with van der Waals surface area (Å²) in [5.41, 5.74) is 0.769. The van der Waals surface area contributed by atoms with Gasteiger partial charge in [-0.3, -0.25) is 4.99 Å². The van der Waals surface area contributed by atoms with Crippen molar-refractivity contribution in [3.63, 3.8) is 0 Å². The lowest BCUT2D eigenvalue weighted by atomic mass is 10.1. The summed E-state index contributed by atoms with van der Waals surface area (Å²) in [5, 5.41) is 6.32. The molecule has 1 unspecified atom stereocenters. The lowest BCUT2D eigenvalue weighted by Crippen LogP contribution is -2.39. The highest BCUT2D eigenvalue weighted by molar-refractivity contribution is 7.91. The van der Waals surface area contributed by atoms with Gasteiger partial charge >= 0.3 is 0 Å². The summed E-state index contributed by atoms with van der Waals surface area (Å²) in [7, 11) is -1.66. The molecule has 8 heteroatoms. The molecule has 1 aliphatic rings. The molecule has 0 amide bonds. The predicted molar refractivity (Wildman–Crippen MR) is 121 cm³/mol. The summed E-state index contributed by atoms with van der Waals surface area (Å²) in [4.78, 5) is 4.50. The molecule has 1 aliphatic carbocycles. The third-order valence-corrected chi connectivity index (χ3v) is 7.01. The molecule has 0 aliphatic heterocycles. The zero-order valence-corrected chi connectivity index (χ0v) is 18.8. The number of aliphatic imine (C=N–C) groups is 1. The fraction of sp³-hybridized carbons (Fsp3) is 0.435. The summed E-state index contributed by atoms with van der Waals surface area (Å²) < 4.78 is 44.6. The maximum absolute atomic E-state index is 14.3. The largest absolute Gasteiger partial charge is 0.490 e. The zero-order valence-electron chi connectivity index (χ0n) is 18.0. The van der Waals surface area contributed by atoms with Gasteiger partial charge in [-0.15, -0.1) is 0 Å². The van der Waals surface area contributed by atoms with E-state index in [1.54, 1.807) is 43.4 Å². The van der Waals surface area contributed by atoms with Gasteiger partial charge in [0.15, 0.2) is 27.4 Å². The fourth-order valence-electron chi connectivity index (χ4n) is 3.09. The summed E-state index contributed by atoms with van der Waals surface area (Å²) >= 11 is 0. The molecule has 1 saturated carbocycles. The zero-order chi connectivity index (χ0) is 22.3. The first-order valence-electron chi connectivity index (χ1n) is 10.6. The van der Waals surface area contributed by atoms with Crippen molar-refractivity contribution < 1.29 is 17.5 Å². The summed E-state index contributed by atoms with van der Waals surface area (Å²) in [6, 6.07) is 13.2. The molecule has 1 atom stereocenters. The van der Waals surface area contributed by atoms with E-state index in [4.69, 9.17) is 4.74 Å². The second-order valence-electron chi connectivity index (χ2n) is 7.79. The maximum atomic E-state index is 14.3. The number of rotatable bonds is 10. The Hall–Kier alpha value is -2.61. The number of benzene rings is 2. The van der Waals surface area contributed by atoms with Gasteiger partial charge in [0.1, 0.15) is 0 Å².